The van der Waals surface area contributed by atoms with Crippen LogP contribution in [0.2, 0.25) is 0 Å². The SMILES string of the molecule is CC(C)N1CCC(CNc2nc(N)cn3ccnc23)C1. The second-order valence-corrected chi connectivity index (χ2v) is 5.80. The molecule has 3 N–H and O–H groups in total. The average molecular weight is 274 g/mol. The third kappa shape index (κ3) is 2.56. The van der Waals surface area contributed by atoms with Crippen LogP contribution < -0.4 is 11.1 Å². The van der Waals surface area contributed by atoms with Gasteiger partial charge in [0.15, 0.2) is 11.5 Å². The maximum Gasteiger partial charge on any atom is 0.180 e. The number of fused-ring (bicyclic) bond motifs is 1. The van der Waals surface area contributed by atoms with Crippen LogP contribution in [-0.2, 0) is 0 Å². The molecule has 3 heterocycles. The largest absolute Gasteiger partial charge is 0.382 e. The van der Waals surface area contributed by atoms with E-state index in [4.69, 9.17) is 5.73 Å². The number of nitrogen functional groups attached to an aromatic ring is 1. The molecule has 0 aliphatic carbocycles. The van der Waals surface area contributed by atoms with Gasteiger partial charge in [-0.25, -0.2) is 9.97 Å². The minimum atomic E-state index is 0.508. The van der Waals surface area contributed by atoms with Crippen LogP contribution in [0.25, 0.3) is 5.65 Å². The number of aromatic nitrogens is 3. The fourth-order valence-electron chi connectivity index (χ4n) is 2.81. The first-order chi connectivity index (χ1) is 9.63. The van der Waals surface area contributed by atoms with Crippen molar-refractivity contribution in [3.05, 3.63) is 18.6 Å². The Bertz CT molecular complexity index is 590. The number of nitrogens with zero attached hydrogens (tertiary/aromatic N) is 4. The van der Waals surface area contributed by atoms with Crippen LogP contribution in [0.4, 0.5) is 11.6 Å². The smallest absolute Gasteiger partial charge is 0.180 e. The van der Waals surface area contributed by atoms with Gasteiger partial charge in [0, 0.05) is 31.5 Å². The van der Waals surface area contributed by atoms with Crippen LogP contribution in [0.5, 0.6) is 0 Å². The fourth-order valence-corrected chi connectivity index (χ4v) is 2.81. The van der Waals surface area contributed by atoms with Crippen LogP contribution in [0.15, 0.2) is 18.6 Å². The lowest BCUT2D eigenvalue weighted by Gasteiger charge is -2.20. The van der Waals surface area contributed by atoms with Crippen molar-refractivity contribution in [3.8, 4) is 0 Å². The molecule has 3 rings (SSSR count). The van der Waals surface area contributed by atoms with E-state index in [1.54, 1.807) is 12.4 Å². The third-order valence-corrected chi connectivity index (χ3v) is 4.00. The highest BCUT2D eigenvalue weighted by Crippen LogP contribution is 2.20. The minimum Gasteiger partial charge on any atom is -0.382 e. The molecule has 2 aromatic rings. The van der Waals surface area contributed by atoms with Crippen LogP contribution in [0.1, 0.15) is 20.3 Å². The van der Waals surface area contributed by atoms with Gasteiger partial charge in [-0.1, -0.05) is 0 Å². The van der Waals surface area contributed by atoms with Crippen LogP contribution in [0.3, 0.4) is 0 Å². The van der Waals surface area contributed by atoms with Crippen LogP contribution in [0, 0.1) is 5.92 Å². The first kappa shape index (κ1) is 13.2. The van der Waals surface area contributed by atoms with Crippen molar-refractivity contribution in [3.63, 3.8) is 0 Å². The highest BCUT2D eigenvalue weighted by Gasteiger charge is 2.24. The number of hydrogen-bond acceptors (Lipinski definition) is 5. The number of anilines is 2. The number of hydrogen-bond donors (Lipinski definition) is 2. The summed E-state index contributed by atoms with van der Waals surface area (Å²) in [4.78, 5) is 11.2. The van der Waals surface area contributed by atoms with Gasteiger partial charge in [0.05, 0.1) is 6.20 Å². The van der Waals surface area contributed by atoms with Gasteiger partial charge in [0.25, 0.3) is 0 Å². The maximum absolute atomic E-state index is 5.82. The Morgan fingerprint density at radius 2 is 2.35 bits per heavy atom. The molecule has 1 atom stereocenters. The molecule has 1 fully saturated rings. The van der Waals surface area contributed by atoms with Gasteiger partial charge in [-0.2, -0.15) is 0 Å². The van der Waals surface area contributed by atoms with E-state index >= 15 is 0 Å². The summed E-state index contributed by atoms with van der Waals surface area (Å²) in [5.74, 6) is 1.95. The van der Waals surface area contributed by atoms with E-state index in [0.29, 0.717) is 17.8 Å². The number of nitrogens with two attached hydrogens (primary N) is 1. The number of likely N-dealkylation sites (tertiary alicyclic amines) is 1. The standard InChI is InChI=1S/C14H22N6/c1-10(2)19-5-3-11(8-19)7-17-13-14-16-4-6-20(14)9-12(15)18-13/h4,6,9-11H,3,5,7-8,15H2,1-2H3,(H,17,18). The van der Waals surface area contributed by atoms with Crippen molar-refractivity contribution in [1.82, 2.24) is 19.3 Å². The van der Waals surface area contributed by atoms with Crippen molar-refractivity contribution in [2.24, 2.45) is 5.92 Å². The first-order valence-corrected chi connectivity index (χ1v) is 7.20. The zero-order valence-electron chi connectivity index (χ0n) is 12.1. The Morgan fingerprint density at radius 3 is 3.10 bits per heavy atom. The lowest BCUT2D eigenvalue weighted by Crippen LogP contribution is -2.29. The highest BCUT2D eigenvalue weighted by molar-refractivity contribution is 5.64. The van der Waals surface area contributed by atoms with Crippen molar-refractivity contribution >= 4 is 17.3 Å². The van der Waals surface area contributed by atoms with Crippen molar-refractivity contribution in [1.29, 1.82) is 0 Å². The van der Waals surface area contributed by atoms with Gasteiger partial charge in [0.2, 0.25) is 0 Å². The molecule has 1 unspecified atom stereocenters. The quantitative estimate of drug-likeness (QED) is 0.883. The minimum absolute atomic E-state index is 0.508. The topological polar surface area (TPSA) is 71.5 Å². The van der Waals surface area contributed by atoms with E-state index in [2.05, 4.69) is 34.0 Å². The van der Waals surface area contributed by atoms with Crippen molar-refractivity contribution in [2.75, 3.05) is 30.7 Å². The highest BCUT2D eigenvalue weighted by atomic mass is 15.2. The van der Waals surface area contributed by atoms with Gasteiger partial charge in [0.1, 0.15) is 5.82 Å². The summed E-state index contributed by atoms with van der Waals surface area (Å²) in [6.45, 7) is 7.76. The van der Waals surface area contributed by atoms with Gasteiger partial charge < -0.3 is 20.4 Å². The van der Waals surface area contributed by atoms with Crippen molar-refractivity contribution in [2.45, 2.75) is 26.3 Å². The zero-order chi connectivity index (χ0) is 14.1. The predicted octanol–water partition coefficient (Wildman–Crippen LogP) is 1.45. The molecule has 0 saturated carbocycles. The Labute approximate surface area is 119 Å². The summed E-state index contributed by atoms with van der Waals surface area (Å²) in [6, 6.07) is 0.629. The molecule has 0 aromatic carbocycles. The van der Waals surface area contributed by atoms with Gasteiger partial charge in [-0.15, -0.1) is 0 Å². The normalized spacial score (nSPS) is 20.1. The molecule has 20 heavy (non-hydrogen) atoms. The Morgan fingerprint density at radius 1 is 1.50 bits per heavy atom. The second kappa shape index (κ2) is 5.28. The summed E-state index contributed by atoms with van der Waals surface area (Å²) >= 11 is 0. The maximum atomic E-state index is 5.82. The summed E-state index contributed by atoms with van der Waals surface area (Å²) < 4.78 is 1.90. The molecule has 6 nitrogen and oxygen atoms in total. The summed E-state index contributed by atoms with van der Waals surface area (Å²) in [7, 11) is 0. The molecule has 0 spiro atoms. The van der Waals surface area contributed by atoms with Crippen molar-refractivity contribution < 1.29 is 0 Å². The number of rotatable bonds is 4. The summed E-state index contributed by atoms with van der Waals surface area (Å²) in [6.07, 6.45) is 6.66. The van der Waals surface area contributed by atoms with E-state index in [0.717, 1.165) is 24.6 Å². The van der Waals surface area contributed by atoms with E-state index in [-0.39, 0.29) is 0 Å². The summed E-state index contributed by atoms with van der Waals surface area (Å²) in [5.41, 5.74) is 6.65. The average Bonchev–Trinajstić information content (AvgIpc) is 3.04. The van der Waals surface area contributed by atoms with Gasteiger partial charge >= 0.3 is 0 Å². The molecule has 1 aliphatic heterocycles. The van der Waals surface area contributed by atoms with Crippen LogP contribution >= 0.6 is 0 Å². The van der Waals surface area contributed by atoms with Gasteiger partial charge in [-0.3, -0.25) is 0 Å². The van der Waals surface area contributed by atoms with Gasteiger partial charge in [-0.05, 0) is 32.7 Å². The molecule has 6 heteroatoms. The number of nitrogens with one attached hydrogen (secondary N) is 1. The lowest BCUT2D eigenvalue weighted by atomic mass is 10.1. The predicted molar refractivity (Wildman–Crippen MR) is 80.7 cm³/mol. The Balaban J connectivity index is 1.67. The monoisotopic (exact) mass is 274 g/mol. The van der Waals surface area contributed by atoms with E-state index in [9.17, 15) is 0 Å². The second-order valence-electron chi connectivity index (χ2n) is 5.80. The Kier molecular flexibility index (Phi) is 3.48. The van der Waals surface area contributed by atoms with E-state index < -0.39 is 0 Å². The van der Waals surface area contributed by atoms with E-state index in [1.807, 2.05) is 10.6 Å². The molecule has 2 aromatic heterocycles. The lowest BCUT2D eigenvalue weighted by molar-refractivity contribution is 0.266. The first-order valence-electron chi connectivity index (χ1n) is 7.20. The molecule has 0 amide bonds. The fraction of sp³-hybridized carbons (Fsp3) is 0.571. The molecule has 108 valence electrons. The Hall–Kier alpha value is -1.82. The molecule has 1 aliphatic rings. The van der Waals surface area contributed by atoms with E-state index in [1.165, 1.54) is 13.0 Å². The molecule has 0 bridgehead atoms. The molecular weight excluding hydrogens is 252 g/mol. The number of imidazole rings is 1. The van der Waals surface area contributed by atoms with Crippen LogP contribution in [-0.4, -0.2) is 44.9 Å². The third-order valence-electron chi connectivity index (χ3n) is 4.00. The molecular formula is C14H22N6. The molecule has 1 saturated heterocycles. The summed E-state index contributed by atoms with van der Waals surface area (Å²) in [5, 5.41) is 3.41. The molecule has 0 radical (unpaired) electrons. The zero-order valence-corrected chi connectivity index (χ0v) is 12.1.